The molecule has 12 nitrogen and oxygen atoms in total. The molecule has 0 saturated heterocycles. The van der Waals surface area contributed by atoms with Crippen molar-refractivity contribution in [3.05, 3.63) is 72.8 Å². The van der Waals surface area contributed by atoms with Crippen molar-refractivity contribution in [2.45, 2.75) is 64.2 Å². The average molecular weight is 923 g/mol. The molecule has 4 aromatic carbocycles. The van der Waals surface area contributed by atoms with Gasteiger partial charge in [-0.25, -0.2) is 0 Å². The Labute approximate surface area is 354 Å². The molecule has 2 heterocycles. The molecule has 64 heavy (non-hydrogen) atoms. The summed E-state index contributed by atoms with van der Waals surface area (Å²) < 4.78 is 161. The number of rotatable bonds is 10. The maximum absolute atomic E-state index is 13.0. The number of benzene rings is 4. The number of unbranched alkanes of at least 4 members (excludes halogenated alkanes) is 2. The van der Waals surface area contributed by atoms with Gasteiger partial charge in [-0.1, -0.05) is 19.8 Å². The van der Waals surface area contributed by atoms with Crippen molar-refractivity contribution >= 4 is 69.1 Å². The molecule has 4 N–H and O–H groups in total. The molecule has 0 saturated carbocycles. The third-order valence-electron chi connectivity index (χ3n) is 8.82. The summed E-state index contributed by atoms with van der Waals surface area (Å²) in [5.41, 5.74) is 0.590. The van der Waals surface area contributed by atoms with Crippen LogP contribution in [0.2, 0.25) is 0 Å². The van der Waals surface area contributed by atoms with Crippen LogP contribution in [-0.2, 0) is 19.2 Å². The maximum Gasteiger partial charge on any atom is 0.471 e. The fourth-order valence-electron chi connectivity index (χ4n) is 6.05. The molecule has 24 heteroatoms. The van der Waals surface area contributed by atoms with Crippen molar-refractivity contribution in [2.75, 3.05) is 44.2 Å². The van der Waals surface area contributed by atoms with Gasteiger partial charge in [0.05, 0.1) is 22.7 Å². The Balaban J connectivity index is 0.000000245. The van der Waals surface area contributed by atoms with Crippen molar-refractivity contribution in [3.63, 3.8) is 0 Å². The van der Waals surface area contributed by atoms with E-state index in [1.165, 1.54) is 65.3 Å². The Morgan fingerprint density at radius 1 is 0.516 bits per heavy atom. The predicted molar refractivity (Wildman–Crippen MR) is 208 cm³/mol. The van der Waals surface area contributed by atoms with E-state index in [0.29, 0.717) is 17.8 Å². The summed E-state index contributed by atoms with van der Waals surface area (Å²) in [5.74, 6) is -5.30. The Hall–Kier alpha value is -6.88. The first-order chi connectivity index (χ1) is 29.7. The van der Waals surface area contributed by atoms with Crippen LogP contribution in [0.25, 0.3) is 0 Å². The van der Waals surface area contributed by atoms with Gasteiger partial charge in [0.2, 0.25) is 11.8 Å². The van der Waals surface area contributed by atoms with E-state index in [0.717, 1.165) is 37.1 Å². The summed E-state index contributed by atoms with van der Waals surface area (Å²) in [6.07, 6.45) is -16.9. The number of ether oxygens (including phenoxy) is 2. The third-order valence-corrected chi connectivity index (χ3v) is 8.82. The van der Waals surface area contributed by atoms with E-state index in [1.807, 2.05) is 6.92 Å². The molecule has 0 spiro atoms. The first kappa shape index (κ1) is 48.2. The van der Waals surface area contributed by atoms with Gasteiger partial charge in [0.15, 0.2) is 23.0 Å². The Morgan fingerprint density at radius 3 is 1.19 bits per heavy atom. The number of nitrogens with one attached hydrogen (secondary N) is 4. The van der Waals surface area contributed by atoms with Gasteiger partial charge in [0.25, 0.3) is 0 Å². The number of anilines is 8. The highest BCUT2D eigenvalue weighted by Gasteiger charge is 2.40. The lowest BCUT2D eigenvalue weighted by Gasteiger charge is -2.32. The molecule has 2 aliphatic heterocycles. The van der Waals surface area contributed by atoms with Gasteiger partial charge >= 0.3 is 36.5 Å². The van der Waals surface area contributed by atoms with Crippen molar-refractivity contribution in [1.82, 2.24) is 0 Å². The molecule has 0 aromatic heterocycles. The smallest absolute Gasteiger partial charge is 0.453 e. The zero-order valence-corrected chi connectivity index (χ0v) is 33.1. The second-order valence-corrected chi connectivity index (χ2v) is 13.8. The van der Waals surface area contributed by atoms with E-state index in [9.17, 15) is 71.9 Å². The number of fused-ring (bicyclic) bond motifs is 4. The zero-order valence-electron chi connectivity index (χ0n) is 33.1. The minimum atomic E-state index is -5.14. The highest BCUT2D eigenvalue weighted by Crippen LogP contribution is 2.50. The van der Waals surface area contributed by atoms with Gasteiger partial charge in [-0.2, -0.15) is 52.7 Å². The van der Waals surface area contributed by atoms with Gasteiger partial charge in [0.1, 0.15) is 13.1 Å². The minimum absolute atomic E-state index is 0.0906. The summed E-state index contributed by atoms with van der Waals surface area (Å²) >= 11 is 0. The number of nitrogens with zero attached hydrogens (tertiary/aromatic N) is 2. The van der Waals surface area contributed by atoms with Crippen molar-refractivity contribution in [2.24, 2.45) is 0 Å². The van der Waals surface area contributed by atoms with Crippen LogP contribution < -0.4 is 40.5 Å². The number of amides is 4. The number of alkyl halides is 12. The fourth-order valence-corrected chi connectivity index (χ4v) is 6.05. The van der Waals surface area contributed by atoms with Crippen LogP contribution in [0.4, 0.5) is 98.2 Å². The highest BCUT2D eigenvalue weighted by molar-refractivity contribution is 6.06. The Kier molecular flexibility index (Phi) is 14.2. The summed E-state index contributed by atoms with van der Waals surface area (Å²) in [4.78, 5) is 50.2. The van der Waals surface area contributed by atoms with Crippen LogP contribution in [-0.4, -0.2) is 61.4 Å². The molecule has 344 valence electrons. The van der Waals surface area contributed by atoms with Crippen LogP contribution in [0.5, 0.6) is 23.0 Å². The van der Waals surface area contributed by atoms with Crippen LogP contribution in [0, 0.1) is 0 Å². The first-order valence-corrected chi connectivity index (χ1v) is 18.7. The van der Waals surface area contributed by atoms with Crippen LogP contribution in [0.3, 0.4) is 0 Å². The van der Waals surface area contributed by atoms with E-state index in [4.69, 9.17) is 9.47 Å². The van der Waals surface area contributed by atoms with Gasteiger partial charge in [-0.05, 0) is 55.0 Å². The van der Waals surface area contributed by atoms with E-state index >= 15 is 0 Å². The summed E-state index contributed by atoms with van der Waals surface area (Å²) in [6, 6.07) is 15.1. The lowest BCUT2D eigenvalue weighted by Crippen LogP contribution is -2.31. The number of carbonyl (C=O) groups is 4. The SMILES string of the molecule is CC(=O)N1c2ccc(NCC(F)(F)F)cc2Oc2cc(NCC(F)(F)F)ccc21.CCCCCC(=O)N1c2ccc(NC(=O)C(F)(F)F)cc2Oc2cc(NC(=O)C(F)(F)F)ccc21. The number of hydrogen-bond acceptors (Lipinski definition) is 8. The third kappa shape index (κ3) is 12.4. The molecule has 0 atom stereocenters. The standard InChI is InChI=1S/C22H19F6N3O4.C18H15F6N3O2/c1-2-3-4-5-18(32)31-14-8-6-12(29-19(33)21(23,24)25)10-16(14)35-17-11-13(7-9-15(17)31)30-20(34)22(26,27)28;1-10(28)27-13-4-2-11(25-8-17(19,20)21)6-15(13)29-16-7-12(3-5-14(16)27)26-9-18(22,23)24/h6-11H,2-5H2,1H3,(H,29,33)(H,30,34);2-7,25-26H,8-9H2,1H3. The normalized spacial score (nSPS) is 13.0. The lowest BCUT2D eigenvalue weighted by atomic mass is 10.1. The average Bonchev–Trinajstić information content (AvgIpc) is 3.19. The second kappa shape index (κ2) is 18.8. The largest absolute Gasteiger partial charge is 0.471 e. The van der Waals surface area contributed by atoms with Gasteiger partial charge in [-0.15, -0.1) is 0 Å². The number of carbonyl (C=O) groups excluding carboxylic acids is 4. The molecule has 0 unspecified atom stereocenters. The van der Waals surface area contributed by atoms with Crippen molar-refractivity contribution in [1.29, 1.82) is 0 Å². The van der Waals surface area contributed by atoms with Gasteiger partial charge in [0, 0.05) is 60.4 Å². The maximum atomic E-state index is 13.0. The number of halogens is 12. The van der Waals surface area contributed by atoms with E-state index < -0.39 is 55.5 Å². The Morgan fingerprint density at radius 2 is 0.859 bits per heavy atom. The van der Waals surface area contributed by atoms with Crippen LogP contribution >= 0.6 is 0 Å². The van der Waals surface area contributed by atoms with E-state index in [2.05, 4.69) is 10.6 Å². The van der Waals surface area contributed by atoms with Gasteiger partial charge < -0.3 is 30.7 Å². The first-order valence-electron chi connectivity index (χ1n) is 18.7. The van der Waals surface area contributed by atoms with Crippen LogP contribution in [0.15, 0.2) is 72.8 Å². The van der Waals surface area contributed by atoms with Crippen LogP contribution in [0.1, 0.15) is 39.5 Å². The summed E-state index contributed by atoms with van der Waals surface area (Å²) in [6.45, 7) is 0.705. The quantitative estimate of drug-likeness (QED) is 0.0910. The van der Waals surface area contributed by atoms with E-state index in [-0.39, 0.29) is 69.5 Å². The molecule has 0 bridgehead atoms. The highest BCUT2D eigenvalue weighted by atomic mass is 19.4. The molecule has 4 amide bonds. The summed E-state index contributed by atoms with van der Waals surface area (Å²) in [7, 11) is 0. The molecule has 6 rings (SSSR count). The molecule has 0 aliphatic carbocycles. The predicted octanol–water partition coefficient (Wildman–Crippen LogP) is 11.5. The van der Waals surface area contributed by atoms with E-state index in [1.54, 1.807) is 10.6 Å². The summed E-state index contributed by atoms with van der Waals surface area (Å²) in [5, 5.41) is 7.74. The molecular weight excluding hydrogens is 888 g/mol. The monoisotopic (exact) mass is 922 g/mol. The molecule has 0 radical (unpaired) electrons. The topological polar surface area (TPSA) is 141 Å². The molecule has 0 fully saturated rings. The Bertz CT molecular complexity index is 2260. The number of hydrogen-bond donors (Lipinski definition) is 4. The zero-order chi connectivity index (χ0) is 47.4. The fraction of sp³-hybridized carbons (Fsp3) is 0.300. The molecule has 4 aromatic rings. The van der Waals surface area contributed by atoms with Crippen molar-refractivity contribution in [3.8, 4) is 23.0 Å². The minimum Gasteiger partial charge on any atom is -0.453 e. The lowest BCUT2D eigenvalue weighted by molar-refractivity contribution is -0.167. The molecule has 2 aliphatic rings. The molecular formula is C40H34F12N6O6. The van der Waals surface area contributed by atoms with Gasteiger partial charge in [-0.3, -0.25) is 29.0 Å². The second-order valence-electron chi connectivity index (χ2n) is 13.8. The van der Waals surface area contributed by atoms with Crippen molar-refractivity contribution < 1.29 is 81.3 Å².